The summed E-state index contributed by atoms with van der Waals surface area (Å²) < 4.78 is 13.5. The number of methoxy groups -OCH3 is 1. The summed E-state index contributed by atoms with van der Waals surface area (Å²) in [6.45, 7) is 4.71. The molecule has 0 saturated heterocycles. The highest BCUT2D eigenvalue weighted by molar-refractivity contribution is 6.07. The molecule has 0 atom stereocenters. The van der Waals surface area contributed by atoms with E-state index in [1.807, 2.05) is 89.8 Å². The van der Waals surface area contributed by atoms with Crippen molar-refractivity contribution in [3.05, 3.63) is 120 Å². The van der Waals surface area contributed by atoms with E-state index < -0.39 is 0 Å². The summed E-state index contributed by atoms with van der Waals surface area (Å²) in [5.41, 5.74) is 4.70. The van der Waals surface area contributed by atoms with Crippen LogP contribution in [0.5, 0.6) is 11.5 Å². The van der Waals surface area contributed by atoms with Crippen molar-refractivity contribution in [3.8, 4) is 17.2 Å². The van der Waals surface area contributed by atoms with Gasteiger partial charge in [0.2, 0.25) is 0 Å². The van der Waals surface area contributed by atoms with Crippen molar-refractivity contribution in [2.45, 2.75) is 26.4 Å². The summed E-state index contributed by atoms with van der Waals surface area (Å²) in [5, 5.41) is 0. The first-order chi connectivity index (χ1) is 16.5. The molecule has 0 unspecified atom stereocenters. The number of carbonyl (C=O) groups is 1. The number of carbonyl (C=O) groups excluding carboxylic acids is 1. The van der Waals surface area contributed by atoms with Gasteiger partial charge in [-0.3, -0.25) is 4.79 Å². The number of ether oxygens (including phenoxy) is 2. The van der Waals surface area contributed by atoms with Crippen LogP contribution in [0, 0.1) is 0 Å². The van der Waals surface area contributed by atoms with Gasteiger partial charge in [-0.1, -0.05) is 50.3 Å². The van der Waals surface area contributed by atoms with Gasteiger partial charge < -0.3 is 14.0 Å². The highest BCUT2D eigenvalue weighted by Crippen LogP contribution is 2.24. The minimum absolute atomic E-state index is 0.0483. The van der Waals surface area contributed by atoms with E-state index in [0.29, 0.717) is 18.1 Å². The second-order valence-electron chi connectivity index (χ2n) is 8.42. The minimum Gasteiger partial charge on any atom is -0.496 e. The van der Waals surface area contributed by atoms with Gasteiger partial charge >= 0.3 is 0 Å². The van der Waals surface area contributed by atoms with Crippen LogP contribution in [0.25, 0.3) is 11.8 Å². The van der Waals surface area contributed by atoms with Gasteiger partial charge in [-0.2, -0.15) is 0 Å². The molecule has 1 aromatic heterocycles. The molecule has 0 bridgehead atoms. The molecule has 0 aliphatic rings. The molecule has 0 aliphatic heterocycles. The zero-order valence-electron chi connectivity index (χ0n) is 19.8. The Balaban J connectivity index is 1.46. The number of hydrogen-bond acceptors (Lipinski definition) is 3. The fraction of sp³-hybridized carbons (Fsp3) is 0.167. The van der Waals surface area contributed by atoms with Crippen molar-refractivity contribution in [2.24, 2.45) is 0 Å². The van der Waals surface area contributed by atoms with Crippen molar-refractivity contribution >= 4 is 11.9 Å². The summed E-state index contributed by atoms with van der Waals surface area (Å²) in [4.78, 5) is 12.8. The van der Waals surface area contributed by atoms with Crippen LogP contribution in [-0.2, 0) is 6.61 Å². The highest BCUT2D eigenvalue weighted by Gasteiger charge is 2.08. The van der Waals surface area contributed by atoms with Crippen LogP contribution in [0.2, 0.25) is 0 Å². The van der Waals surface area contributed by atoms with Gasteiger partial charge in [0.25, 0.3) is 0 Å². The molecule has 172 valence electrons. The summed E-state index contributed by atoms with van der Waals surface area (Å²) in [7, 11) is 1.65. The summed E-state index contributed by atoms with van der Waals surface area (Å²) in [6.07, 6.45) is 7.34. The van der Waals surface area contributed by atoms with E-state index >= 15 is 0 Å². The van der Waals surface area contributed by atoms with Crippen molar-refractivity contribution < 1.29 is 14.3 Å². The lowest BCUT2D eigenvalue weighted by atomic mass is 10.0. The highest BCUT2D eigenvalue weighted by atomic mass is 16.5. The normalized spacial score (nSPS) is 11.2. The third-order valence-corrected chi connectivity index (χ3v) is 5.71. The van der Waals surface area contributed by atoms with Crippen LogP contribution in [0.1, 0.15) is 46.8 Å². The van der Waals surface area contributed by atoms with Gasteiger partial charge in [0, 0.05) is 29.2 Å². The number of rotatable bonds is 9. The summed E-state index contributed by atoms with van der Waals surface area (Å²) in [5.74, 6) is 2.00. The Labute approximate surface area is 201 Å². The van der Waals surface area contributed by atoms with Crippen LogP contribution in [0.15, 0.2) is 97.3 Å². The van der Waals surface area contributed by atoms with Gasteiger partial charge in [0.05, 0.1) is 7.11 Å². The van der Waals surface area contributed by atoms with Crippen molar-refractivity contribution in [2.75, 3.05) is 7.11 Å². The molecule has 0 amide bonds. The Bertz CT molecular complexity index is 1270. The monoisotopic (exact) mass is 451 g/mol. The van der Waals surface area contributed by atoms with Crippen molar-refractivity contribution in [1.29, 1.82) is 0 Å². The molecule has 0 radical (unpaired) electrons. The van der Waals surface area contributed by atoms with E-state index in [9.17, 15) is 4.79 Å². The molecule has 0 N–H and O–H groups in total. The van der Waals surface area contributed by atoms with E-state index in [0.717, 1.165) is 28.3 Å². The second kappa shape index (κ2) is 10.7. The molecule has 34 heavy (non-hydrogen) atoms. The van der Waals surface area contributed by atoms with Gasteiger partial charge in [0.1, 0.15) is 18.1 Å². The predicted molar refractivity (Wildman–Crippen MR) is 137 cm³/mol. The molecule has 3 aromatic carbocycles. The van der Waals surface area contributed by atoms with Crippen LogP contribution in [0.3, 0.4) is 0 Å². The molecule has 0 spiro atoms. The topological polar surface area (TPSA) is 40.5 Å². The van der Waals surface area contributed by atoms with E-state index in [2.05, 4.69) is 26.0 Å². The fourth-order valence-electron chi connectivity index (χ4n) is 3.72. The smallest absolute Gasteiger partial charge is 0.185 e. The zero-order chi connectivity index (χ0) is 23.9. The maximum absolute atomic E-state index is 12.8. The number of aromatic nitrogens is 1. The van der Waals surface area contributed by atoms with Crippen LogP contribution >= 0.6 is 0 Å². The first-order valence-corrected chi connectivity index (χ1v) is 11.4. The van der Waals surface area contributed by atoms with Gasteiger partial charge in [-0.15, -0.1) is 0 Å². The van der Waals surface area contributed by atoms with Crippen LogP contribution in [0.4, 0.5) is 0 Å². The largest absolute Gasteiger partial charge is 0.496 e. The van der Waals surface area contributed by atoms with Crippen molar-refractivity contribution in [1.82, 2.24) is 4.57 Å². The number of allylic oxidation sites excluding steroid dienone is 1. The molecule has 4 aromatic rings. The maximum Gasteiger partial charge on any atom is 0.185 e. The molecule has 0 saturated carbocycles. The van der Waals surface area contributed by atoms with E-state index in [-0.39, 0.29) is 5.78 Å². The summed E-state index contributed by atoms with van der Waals surface area (Å²) in [6, 6.07) is 25.5. The van der Waals surface area contributed by atoms with Crippen molar-refractivity contribution in [3.63, 3.8) is 0 Å². The number of hydrogen-bond donors (Lipinski definition) is 0. The maximum atomic E-state index is 12.8. The first-order valence-electron chi connectivity index (χ1n) is 11.4. The SMILES string of the molecule is COc1ccc(/C=C/C(=O)c2cccc(-n3cccc3)c2)cc1COc1ccc(C(C)C)cc1. The Morgan fingerprint density at radius 3 is 2.41 bits per heavy atom. The van der Waals surface area contributed by atoms with E-state index in [4.69, 9.17) is 9.47 Å². The molecule has 4 rings (SSSR count). The molecule has 4 heteroatoms. The lowest BCUT2D eigenvalue weighted by molar-refractivity contribution is 0.104. The standard InChI is InChI=1S/C30H29NO3/c1-22(2)24-11-13-28(14-12-24)34-21-26-19-23(10-16-30(26)33-3)9-15-29(32)25-7-6-8-27(20-25)31-17-4-5-18-31/h4-20,22H,21H2,1-3H3/b15-9+. The molecule has 0 fully saturated rings. The third kappa shape index (κ3) is 5.65. The average Bonchev–Trinajstić information content (AvgIpc) is 3.41. The summed E-state index contributed by atoms with van der Waals surface area (Å²) >= 11 is 0. The third-order valence-electron chi connectivity index (χ3n) is 5.71. The van der Waals surface area contributed by atoms with Crippen LogP contribution in [-0.4, -0.2) is 17.5 Å². The zero-order valence-corrected chi connectivity index (χ0v) is 19.8. The van der Waals surface area contributed by atoms with Gasteiger partial charge in [0.15, 0.2) is 5.78 Å². The molecule has 4 nitrogen and oxygen atoms in total. The average molecular weight is 452 g/mol. The molecule has 0 aliphatic carbocycles. The first kappa shape index (κ1) is 23.1. The quantitative estimate of drug-likeness (QED) is 0.202. The van der Waals surface area contributed by atoms with E-state index in [1.54, 1.807) is 13.2 Å². The lowest BCUT2D eigenvalue weighted by Gasteiger charge is -2.12. The lowest BCUT2D eigenvalue weighted by Crippen LogP contribution is -2.00. The fourth-order valence-corrected chi connectivity index (χ4v) is 3.72. The molecular weight excluding hydrogens is 422 g/mol. The van der Waals surface area contributed by atoms with Gasteiger partial charge in [-0.25, -0.2) is 0 Å². The number of benzene rings is 3. The van der Waals surface area contributed by atoms with E-state index in [1.165, 1.54) is 5.56 Å². The Morgan fingerprint density at radius 2 is 1.71 bits per heavy atom. The van der Waals surface area contributed by atoms with Crippen LogP contribution < -0.4 is 9.47 Å². The Morgan fingerprint density at radius 1 is 0.941 bits per heavy atom. The molecule has 1 heterocycles. The second-order valence-corrected chi connectivity index (χ2v) is 8.42. The molecular formula is C30H29NO3. The predicted octanol–water partition coefficient (Wildman–Crippen LogP) is 7.08. The Hall–Kier alpha value is -4.05. The Kier molecular flexibility index (Phi) is 7.28. The number of ketones is 1. The van der Waals surface area contributed by atoms with Gasteiger partial charge in [-0.05, 0) is 71.7 Å². The number of nitrogens with zero attached hydrogens (tertiary/aromatic N) is 1. The minimum atomic E-state index is -0.0483.